The van der Waals surface area contributed by atoms with Crippen molar-refractivity contribution in [2.24, 2.45) is 5.11 Å². The van der Waals surface area contributed by atoms with Gasteiger partial charge in [0, 0.05) is 31.0 Å². The molecule has 0 aliphatic carbocycles. The number of nitrogens with zero attached hydrogens (tertiary/aromatic N) is 2. The molecule has 1 amide bonds. The minimum Gasteiger partial charge on any atom is -0.386 e. The summed E-state index contributed by atoms with van der Waals surface area (Å²) in [7, 11) is 1.78. The fourth-order valence-electron chi connectivity index (χ4n) is 3.24. The Balaban J connectivity index is 2.27. The Morgan fingerprint density at radius 1 is 1.19 bits per heavy atom. The highest BCUT2D eigenvalue weighted by Crippen LogP contribution is 2.37. The molecule has 0 atom stereocenters. The van der Waals surface area contributed by atoms with Crippen molar-refractivity contribution in [3.05, 3.63) is 65.2 Å². The van der Waals surface area contributed by atoms with Crippen LogP contribution in [0.25, 0.3) is 11.4 Å². The monoisotopic (exact) mass is 348 g/mol. The minimum atomic E-state index is -0.110. The van der Waals surface area contributed by atoms with E-state index in [1.165, 1.54) is 0 Å². The Morgan fingerprint density at radius 3 is 2.58 bits per heavy atom. The third kappa shape index (κ3) is 3.13. The van der Waals surface area contributed by atoms with E-state index < -0.39 is 0 Å². The first kappa shape index (κ1) is 17.5. The zero-order valence-corrected chi connectivity index (χ0v) is 14.5. The maximum atomic E-state index is 12.8. The van der Waals surface area contributed by atoms with Crippen LogP contribution in [0, 0.1) is 5.53 Å². The number of rotatable bonds is 5. The Hall–Kier alpha value is -3.28. The van der Waals surface area contributed by atoms with Crippen molar-refractivity contribution in [1.29, 1.82) is 5.53 Å². The van der Waals surface area contributed by atoms with E-state index >= 15 is 0 Å². The van der Waals surface area contributed by atoms with Crippen molar-refractivity contribution in [3.63, 3.8) is 0 Å². The topological polar surface area (TPSA) is 85.6 Å². The molecule has 2 aromatic rings. The lowest BCUT2D eigenvalue weighted by atomic mass is 9.96. The second-order valence-corrected chi connectivity index (χ2v) is 5.94. The first-order valence-corrected chi connectivity index (χ1v) is 8.42. The van der Waals surface area contributed by atoms with Crippen molar-refractivity contribution in [2.75, 3.05) is 11.9 Å². The molecule has 1 aliphatic heterocycles. The minimum absolute atomic E-state index is 0.110. The molecule has 2 aromatic carbocycles. The highest BCUT2D eigenvalue weighted by Gasteiger charge is 2.26. The van der Waals surface area contributed by atoms with Crippen LogP contribution in [0.2, 0.25) is 0 Å². The van der Waals surface area contributed by atoms with E-state index in [4.69, 9.17) is 5.53 Å². The number of hydrogen-bond acceptors (Lipinski definition) is 5. The highest BCUT2D eigenvalue weighted by molar-refractivity contribution is 6.01. The molecule has 6 heteroatoms. The van der Waals surface area contributed by atoms with Crippen LogP contribution in [0.15, 0.2) is 53.6 Å². The lowest BCUT2D eigenvalue weighted by Crippen LogP contribution is -2.32. The number of hydrogen-bond donors (Lipinski definition) is 2. The summed E-state index contributed by atoms with van der Waals surface area (Å²) in [5.74, 6) is -0.110. The van der Waals surface area contributed by atoms with Crippen LogP contribution in [-0.4, -0.2) is 19.2 Å². The lowest BCUT2D eigenvalue weighted by Gasteiger charge is -2.29. The van der Waals surface area contributed by atoms with Crippen LogP contribution >= 0.6 is 0 Å². The summed E-state index contributed by atoms with van der Waals surface area (Å²) in [5, 5.41) is 6.92. The van der Waals surface area contributed by atoms with Crippen LogP contribution in [0.3, 0.4) is 0 Å². The molecule has 0 saturated carbocycles. The van der Waals surface area contributed by atoms with Gasteiger partial charge in [0.25, 0.3) is 0 Å². The summed E-state index contributed by atoms with van der Waals surface area (Å²) in [4.78, 5) is 25.2. The number of benzene rings is 2. The Labute approximate surface area is 152 Å². The summed E-state index contributed by atoms with van der Waals surface area (Å²) in [5.41, 5.74) is 12.2. The molecular weight excluding hydrogens is 328 g/mol. The van der Waals surface area contributed by atoms with Gasteiger partial charge in [0.2, 0.25) is 5.91 Å². The summed E-state index contributed by atoms with van der Waals surface area (Å²) in [6.45, 7) is 0.362. The van der Waals surface area contributed by atoms with Crippen LogP contribution in [0.1, 0.15) is 29.5 Å². The number of carbonyl (C=O) groups excluding carboxylic acids is 2. The smallest absolute Gasteiger partial charge is 0.227 e. The fraction of sp³-hybridized carbons (Fsp3) is 0.200. The molecule has 1 heterocycles. The molecule has 0 aromatic heterocycles. The molecule has 2 N–H and O–H groups in total. The van der Waals surface area contributed by atoms with Gasteiger partial charge in [-0.15, -0.1) is 0 Å². The average Bonchev–Trinajstić information content (AvgIpc) is 2.67. The van der Waals surface area contributed by atoms with Gasteiger partial charge < -0.3 is 15.0 Å². The van der Waals surface area contributed by atoms with Gasteiger partial charge in [0.05, 0.1) is 17.9 Å². The third-order valence-electron chi connectivity index (χ3n) is 4.44. The average molecular weight is 348 g/mol. The summed E-state index contributed by atoms with van der Waals surface area (Å²) < 4.78 is 0. The maximum Gasteiger partial charge on any atom is 0.227 e. The largest absolute Gasteiger partial charge is 0.386 e. The predicted octanol–water partition coefficient (Wildman–Crippen LogP) is 3.59. The van der Waals surface area contributed by atoms with Crippen molar-refractivity contribution in [3.8, 4) is 0 Å². The van der Waals surface area contributed by atoms with Gasteiger partial charge in [0.1, 0.15) is 12.0 Å². The van der Waals surface area contributed by atoms with Crippen molar-refractivity contribution >= 4 is 29.3 Å². The molecule has 26 heavy (non-hydrogen) atoms. The normalized spacial score (nSPS) is 16.0. The van der Waals surface area contributed by atoms with Gasteiger partial charge in [0.15, 0.2) is 0 Å². The standard InChI is InChI=1S/C20H20N4O2/c1-22-19-16-9-4-5-10-17(16)24(18(26)11-6-12-25)13-14-7-2-3-8-15(14)20(19)23-21/h2-5,7-10,12,21-22H,6,11,13H2,1H3/b20-19-,23-21?. The Bertz CT molecular complexity index is 889. The van der Waals surface area contributed by atoms with Gasteiger partial charge in [-0.05, 0) is 11.6 Å². The van der Waals surface area contributed by atoms with E-state index in [0.717, 1.165) is 28.7 Å². The van der Waals surface area contributed by atoms with Crippen molar-refractivity contribution < 1.29 is 9.59 Å². The molecule has 0 unspecified atom stereocenters. The molecule has 1 aliphatic rings. The highest BCUT2D eigenvalue weighted by atomic mass is 16.2. The first-order chi connectivity index (χ1) is 12.7. The number of carbonyl (C=O) groups is 2. The molecule has 132 valence electrons. The van der Waals surface area contributed by atoms with Crippen LogP contribution < -0.4 is 10.2 Å². The van der Waals surface area contributed by atoms with Crippen molar-refractivity contribution in [2.45, 2.75) is 19.4 Å². The number of amides is 1. The Kier molecular flexibility index (Phi) is 5.22. The van der Waals surface area contributed by atoms with E-state index in [1.54, 1.807) is 11.9 Å². The summed E-state index contributed by atoms with van der Waals surface area (Å²) in [6, 6.07) is 15.2. The Morgan fingerprint density at radius 2 is 1.88 bits per heavy atom. The second-order valence-electron chi connectivity index (χ2n) is 5.94. The molecule has 0 radical (unpaired) electrons. The molecule has 0 saturated heterocycles. The summed E-state index contributed by atoms with van der Waals surface area (Å²) in [6.07, 6.45) is 1.12. The van der Waals surface area contributed by atoms with Gasteiger partial charge in [-0.1, -0.05) is 42.5 Å². The molecular formula is C20H20N4O2. The molecule has 3 rings (SSSR count). The third-order valence-corrected chi connectivity index (χ3v) is 4.44. The predicted molar refractivity (Wildman–Crippen MR) is 100 cm³/mol. The molecule has 0 spiro atoms. The van der Waals surface area contributed by atoms with Gasteiger partial charge in [-0.3, -0.25) is 4.79 Å². The van der Waals surface area contributed by atoms with Crippen LogP contribution in [0.5, 0.6) is 0 Å². The number of aldehydes is 1. The second kappa shape index (κ2) is 7.74. The van der Waals surface area contributed by atoms with Crippen LogP contribution in [0.4, 0.5) is 5.69 Å². The summed E-state index contributed by atoms with van der Waals surface area (Å²) >= 11 is 0. The van der Waals surface area contributed by atoms with Gasteiger partial charge in [-0.25, -0.2) is 5.53 Å². The van der Waals surface area contributed by atoms with Gasteiger partial charge >= 0.3 is 0 Å². The van der Waals surface area contributed by atoms with E-state index in [2.05, 4.69) is 10.4 Å². The fourth-order valence-corrected chi connectivity index (χ4v) is 3.24. The van der Waals surface area contributed by atoms with Crippen LogP contribution in [-0.2, 0) is 16.1 Å². The molecule has 6 nitrogen and oxygen atoms in total. The number of para-hydroxylation sites is 1. The van der Waals surface area contributed by atoms with Gasteiger partial charge in [-0.2, -0.15) is 5.11 Å². The number of anilines is 1. The first-order valence-electron chi connectivity index (χ1n) is 8.42. The van der Waals surface area contributed by atoms with E-state index in [1.807, 2.05) is 48.5 Å². The lowest BCUT2D eigenvalue weighted by molar-refractivity contribution is -0.120. The quantitative estimate of drug-likeness (QED) is 0.639. The number of fused-ring (bicyclic) bond motifs is 2. The molecule has 0 bridgehead atoms. The van der Waals surface area contributed by atoms with E-state index in [-0.39, 0.29) is 18.7 Å². The molecule has 0 fully saturated rings. The van der Waals surface area contributed by atoms with E-state index in [0.29, 0.717) is 17.9 Å². The van der Waals surface area contributed by atoms with Crippen molar-refractivity contribution in [1.82, 2.24) is 5.32 Å². The zero-order chi connectivity index (χ0) is 18.5. The number of nitrogens with one attached hydrogen (secondary N) is 2. The van der Waals surface area contributed by atoms with E-state index in [9.17, 15) is 9.59 Å². The zero-order valence-electron chi connectivity index (χ0n) is 14.5. The SMILES string of the molecule is CN/C1=C(\N=N)c2ccccc2CN(C(=O)CCC=O)c2ccccc21. The maximum absolute atomic E-state index is 12.8.